The molecule has 2 heteroatoms. The summed E-state index contributed by atoms with van der Waals surface area (Å²) in [5, 5.41) is 0. The van der Waals surface area contributed by atoms with E-state index in [1.807, 2.05) is 38.2 Å². The Balaban J connectivity index is 0.000000414. The lowest BCUT2D eigenvalue weighted by atomic mass is 9.77. The molecule has 2 aromatic rings. The van der Waals surface area contributed by atoms with Crippen LogP contribution >= 0.6 is 0 Å². The van der Waals surface area contributed by atoms with Gasteiger partial charge in [-0.05, 0) is 55.4 Å². The standard InChI is InChI=1S/C23H31NO.C8H12/c1-5-9-18(4)23(17(2)3)19-12-13-22-20(14-19)15-24(16-25-22)21-10-7-6-8-11-21;1-4-6-7-8(3)5-2/h6-8,10-14,17-18,23H,5,9,15-16H2,1-4H3;4-7H,2H2,1,3H3/b;6-4-,8-7-. The molecule has 178 valence electrons. The fourth-order valence-corrected chi connectivity index (χ4v) is 4.60. The van der Waals surface area contributed by atoms with Crippen molar-refractivity contribution >= 4 is 5.69 Å². The van der Waals surface area contributed by atoms with Crippen molar-refractivity contribution in [2.45, 2.75) is 66.8 Å². The molecule has 0 N–H and O–H groups in total. The van der Waals surface area contributed by atoms with E-state index in [2.05, 4.69) is 87.7 Å². The molecule has 0 saturated carbocycles. The average Bonchev–Trinajstić information content (AvgIpc) is 2.83. The first-order valence-electron chi connectivity index (χ1n) is 12.4. The van der Waals surface area contributed by atoms with Gasteiger partial charge in [-0.25, -0.2) is 0 Å². The number of allylic oxidation sites excluding steroid dienone is 5. The van der Waals surface area contributed by atoms with Gasteiger partial charge >= 0.3 is 0 Å². The molecular weight excluding hydrogens is 402 g/mol. The molecule has 0 bridgehead atoms. The number of benzene rings is 2. The molecule has 0 amide bonds. The topological polar surface area (TPSA) is 12.5 Å². The van der Waals surface area contributed by atoms with Crippen molar-refractivity contribution < 1.29 is 4.74 Å². The summed E-state index contributed by atoms with van der Waals surface area (Å²) in [6.07, 6.45) is 10.4. The maximum absolute atomic E-state index is 6.02. The minimum Gasteiger partial charge on any atom is -0.473 e. The largest absolute Gasteiger partial charge is 0.473 e. The van der Waals surface area contributed by atoms with E-state index in [1.54, 1.807) is 0 Å². The Morgan fingerprint density at radius 2 is 1.85 bits per heavy atom. The Morgan fingerprint density at radius 1 is 1.12 bits per heavy atom. The molecule has 0 aromatic heterocycles. The van der Waals surface area contributed by atoms with E-state index in [4.69, 9.17) is 4.74 Å². The van der Waals surface area contributed by atoms with Crippen molar-refractivity contribution in [3.05, 3.63) is 96.1 Å². The number of para-hydroxylation sites is 1. The van der Waals surface area contributed by atoms with Crippen LogP contribution in [-0.4, -0.2) is 6.73 Å². The van der Waals surface area contributed by atoms with Crippen LogP contribution in [-0.2, 0) is 6.54 Å². The summed E-state index contributed by atoms with van der Waals surface area (Å²) >= 11 is 0. The first-order valence-corrected chi connectivity index (χ1v) is 12.4. The molecule has 0 aliphatic carbocycles. The van der Waals surface area contributed by atoms with Crippen LogP contribution in [0.3, 0.4) is 0 Å². The van der Waals surface area contributed by atoms with Crippen molar-refractivity contribution in [2.75, 3.05) is 11.6 Å². The fourth-order valence-electron chi connectivity index (χ4n) is 4.60. The molecule has 33 heavy (non-hydrogen) atoms. The molecule has 0 spiro atoms. The molecule has 2 aromatic carbocycles. The smallest absolute Gasteiger partial charge is 0.161 e. The Morgan fingerprint density at radius 3 is 2.45 bits per heavy atom. The van der Waals surface area contributed by atoms with E-state index in [9.17, 15) is 0 Å². The second-order valence-corrected chi connectivity index (χ2v) is 9.35. The first kappa shape index (κ1) is 26.5. The van der Waals surface area contributed by atoms with Crippen LogP contribution in [0.1, 0.15) is 71.4 Å². The highest BCUT2D eigenvalue weighted by Crippen LogP contribution is 2.38. The number of rotatable bonds is 8. The van der Waals surface area contributed by atoms with Gasteiger partial charge < -0.3 is 9.64 Å². The van der Waals surface area contributed by atoms with Crippen LogP contribution < -0.4 is 9.64 Å². The average molecular weight is 446 g/mol. The van der Waals surface area contributed by atoms with Crippen LogP contribution in [0.5, 0.6) is 5.75 Å². The van der Waals surface area contributed by atoms with Crippen LogP contribution in [0, 0.1) is 11.8 Å². The van der Waals surface area contributed by atoms with E-state index in [0.29, 0.717) is 24.5 Å². The maximum atomic E-state index is 6.02. The van der Waals surface area contributed by atoms with Gasteiger partial charge in [0.15, 0.2) is 6.73 Å². The van der Waals surface area contributed by atoms with Gasteiger partial charge in [0, 0.05) is 17.8 Å². The molecule has 2 unspecified atom stereocenters. The van der Waals surface area contributed by atoms with E-state index >= 15 is 0 Å². The molecule has 0 radical (unpaired) electrons. The Kier molecular flexibility index (Phi) is 11.0. The van der Waals surface area contributed by atoms with Gasteiger partial charge in [-0.2, -0.15) is 0 Å². The summed E-state index contributed by atoms with van der Waals surface area (Å²) in [4.78, 5) is 2.30. The summed E-state index contributed by atoms with van der Waals surface area (Å²) in [6, 6.07) is 17.4. The summed E-state index contributed by atoms with van der Waals surface area (Å²) in [6.45, 7) is 18.6. The lowest BCUT2D eigenvalue weighted by molar-refractivity contribution is 0.288. The highest BCUT2D eigenvalue weighted by Gasteiger charge is 2.25. The molecule has 1 heterocycles. The zero-order chi connectivity index (χ0) is 24.2. The van der Waals surface area contributed by atoms with Gasteiger partial charge in [0.05, 0.1) is 0 Å². The van der Waals surface area contributed by atoms with E-state index in [0.717, 1.165) is 12.3 Å². The molecule has 1 aliphatic heterocycles. The van der Waals surface area contributed by atoms with Crippen molar-refractivity contribution in [3.8, 4) is 5.75 Å². The zero-order valence-corrected chi connectivity index (χ0v) is 21.6. The normalized spacial score (nSPS) is 15.4. The van der Waals surface area contributed by atoms with Gasteiger partial charge in [-0.1, -0.05) is 107 Å². The number of anilines is 1. The van der Waals surface area contributed by atoms with E-state index in [1.165, 1.54) is 35.2 Å². The Hall–Kier alpha value is -2.74. The highest BCUT2D eigenvalue weighted by atomic mass is 16.5. The molecule has 0 saturated heterocycles. The van der Waals surface area contributed by atoms with Crippen LogP contribution in [0.2, 0.25) is 0 Å². The van der Waals surface area contributed by atoms with Crippen molar-refractivity contribution in [2.24, 2.45) is 11.8 Å². The van der Waals surface area contributed by atoms with Crippen molar-refractivity contribution in [3.63, 3.8) is 0 Å². The molecule has 3 rings (SSSR count). The molecular formula is C31H43NO. The SMILES string of the molecule is C=C/C(C)=C\C=C/C.CCCC(C)C(c1ccc2c(c1)CN(c1ccccc1)CO2)C(C)C. The van der Waals surface area contributed by atoms with E-state index < -0.39 is 0 Å². The fraction of sp³-hybridized carbons (Fsp3) is 0.419. The quantitative estimate of drug-likeness (QED) is 0.376. The minimum absolute atomic E-state index is 0.609. The lowest BCUT2D eigenvalue weighted by Crippen LogP contribution is -2.32. The Labute approximate surface area is 202 Å². The molecule has 0 fully saturated rings. The van der Waals surface area contributed by atoms with Crippen LogP contribution in [0.4, 0.5) is 5.69 Å². The third-order valence-corrected chi connectivity index (χ3v) is 6.28. The van der Waals surface area contributed by atoms with Crippen molar-refractivity contribution in [1.29, 1.82) is 0 Å². The first-order chi connectivity index (χ1) is 15.9. The summed E-state index contributed by atoms with van der Waals surface area (Å²) in [7, 11) is 0. The number of nitrogens with zero attached hydrogens (tertiary/aromatic N) is 1. The number of hydrogen-bond donors (Lipinski definition) is 0. The monoisotopic (exact) mass is 445 g/mol. The zero-order valence-electron chi connectivity index (χ0n) is 21.6. The minimum atomic E-state index is 0.609. The maximum Gasteiger partial charge on any atom is 0.161 e. The predicted molar refractivity (Wildman–Crippen MR) is 145 cm³/mol. The van der Waals surface area contributed by atoms with Gasteiger partial charge in [-0.3, -0.25) is 0 Å². The van der Waals surface area contributed by atoms with Crippen molar-refractivity contribution in [1.82, 2.24) is 0 Å². The number of hydrogen-bond acceptors (Lipinski definition) is 2. The summed E-state index contributed by atoms with van der Waals surface area (Å²) < 4.78 is 6.02. The summed E-state index contributed by atoms with van der Waals surface area (Å²) in [5.41, 5.74) is 5.19. The third-order valence-electron chi connectivity index (χ3n) is 6.28. The third kappa shape index (κ3) is 7.96. The predicted octanol–water partition coefficient (Wildman–Crippen LogP) is 8.91. The number of ether oxygens (including phenoxy) is 1. The molecule has 1 aliphatic rings. The van der Waals surface area contributed by atoms with Gasteiger partial charge in [-0.15, -0.1) is 0 Å². The highest BCUT2D eigenvalue weighted by molar-refractivity contribution is 5.50. The van der Waals surface area contributed by atoms with Gasteiger partial charge in [0.1, 0.15) is 5.75 Å². The molecule has 2 nitrogen and oxygen atoms in total. The van der Waals surface area contributed by atoms with Gasteiger partial charge in [0.25, 0.3) is 0 Å². The van der Waals surface area contributed by atoms with Crippen LogP contribution in [0.15, 0.2) is 85.0 Å². The van der Waals surface area contributed by atoms with Crippen LogP contribution in [0.25, 0.3) is 0 Å². The molecule has 2 atom stereocenters. The van der Waals surface area contributed by atoms with E-state index in [-0.39, 0.29) is 0 Å². The lowest BCUT2D eigenvalue weighted by Gasteiger charge is -2.33. The second-order valence-electron chi connectivity index (χ2n) is 9.35. The second kappa shape index (κ2) is 13.7. The number of fused-ring (bicyclic) bond motifs is 1. The summed E-state index contributed by atoms with van der Waals surface area (Å²) in [5.74, 6) is 3.01. The van der Waals surface area contributed by atoms with Gasteiger partial charge in [0.2, 0.25) is 0 Å². The Bertz CT molecular complexity index is 910.